The zero-order valence-electron chi connectivity index (χ0n) is 4.77. The Morgan fingerprint density at radius 3 is 2.38 bits per heavy atom. The molecule has 0 aromatic heterocycles. The fourth-order valence-corrected chi connectivity index (χ4v) is 10.6. The van der Waals surface area contributed by atoms with Gasteiger partial charge in [-0.1, -0.05) is 0 Å². The summed E-state index contributed by atoms with van der Waals surface area (Å²) >= 11 is 0.672. The van der Waals surface area contributed by atoms with Crippen molar-refractivity contribution >= 4 is 38.4 Å². The van der Waals surface area contributed by atoms with Gasteiger partial charge in [0.1, 0.15) is 0 Å². The summed E-state index contributed by atoms with van der Waals surface area (Å²) in [6.07, 6.45) is 2.25. The zero-order valence-corrected chi connectivity index (χ0v) is 8.95. The maximum absolute atomic E-state index is 6.02. The molecule has 3 heteroatoms. The molecule has 0 aliphatic carbocycles. The van der Waals surface area contributed by atoms with Crippen LogP contribution < -0.4 is 0 Å². The molecule has 0 nitrogen and oxygen atoms in total. The normalized spacial score (nSPS) is 28.6. The third-order valence-electron chi connectivity index (χ3n) is 0.864. The fraction of sp³-hybridized carbons (Fsp3) is 0.400. The molecule has 0 aromatic carbocycles. The standard InChI is InChI=1S/C5H7ClSe2/c1-4-3-5(2)8(6)7-4/h3H,1-2H3. The molecule has 1 rings (SSSR count). The van der Waals surface area contributed by atoms with Crippen molar-refractivity contribution in [3.8, 4) is 0 Å². The van der Waals surface area contributed by atoms with Crippen molar-refractivity contribution in [3.63, 3.8) is 0 Å². The molecule has 8 heavy (non-hydrogen) atoms. The quantitative estimate of drug-likeness (QED) is 0.573. The monoisotopic (exact) mass is 262 g/mol. The second-order valence-corrected chi connectivity index (χ2v) is 14.9. The molecule has 46 valence electrons. The summed E-state index contributed by atoms with van der Waals surface area (Å²) in [5.74, 6) is 0. The van der Waals surface area contributed by atoms with Crippen LogP contribution in [0.1, 0.15) is 13.8 Å². The van der Waals surface area contributed by atoms with Gasteiger partial charge < -0.3 is 0 Å². The Hall–Kier alpha value is 0.939. The number of halogens is 1. The van der Waals surface area contributed by atoms with E-state index < -0.39 is 10.7 Å². The van der Waals surface area contributed by atoms with Crippen molar-refractivity contribution in [1.29, 1.82) is 0 Å². The van der Waals surface area contributed by atoms with Crippen LogP contribution in [0.3, 0.4) is 0 Å². The maximum atomic E-state index is 6.02. The van der Waals surface area contributed by atoms with Gasteiger partial charge in [-0.3, -0.25) is 0 Å². The van der Waals surface area contributed by atoms with E-state index in [1.165, 1.54) is 8.89 Å². The molecule has 1 aliphatic rings. The molecule has 1 atom stereocenters. The van der Waals surface area contributed by atoms with E-state index in [-0.39, 0.29) is 0 Å². The summed E-state index contributed by atoms with van der Waals surface area (Å²) in [6.45, 7) is 4.32. The summed E-state index contributed by atoms with van der Waals surface area (Å²) in [4.78, 5) is 0. The van der Waals surface area contributed by atoms with Crippen LogP contribution in [0.25, 0.3) is 0 Å². The number of allylic oxidation sites excluding steroid dienone is 2. The van der Waals surface area contributed by atoms with Gasteiger partial charge in [-0.2, -0.15) is 0 Å². The zero-order chi connectivity index (χ0) is 6.15. The Morgan fingerprint density at radius 1 is 1.62 bits per heavy atom. The fourth-order valence-electron chi connectivity index (χ4n) is 0.538. The van der Waals surface area contributed by atoms with Crippen molar-refractivity contribution in [1.82, 2.24) is 0 Å². The summed E-state index contributed by atoms with van der Waals surface area (Å²) in [5.41, 5.74) is 0. The van der Waals surface area contributed by atoms with Gasteiger partial charge in [0.15, 0.2) is 0 Å². The molecule has 0 amide bonds. The van der Waals surface area contributed by atoms with E-state index in [9.17, 15) is 0 Å². The van der Waals surface area contributed by atoms with E-state index in [4.69, 9.17) is 10.1 Å². The molecule has 1 aliphatic heterocycles. The Morgan fingerprint density at radius 2 is 2.25 bits per heavy atom. The van der Waals surface area contributed by atoms with Gasteiger partial charge in [-0.05, 0) is 0 Å². The van der Waals surface area contributed by atoms with Crippen molar-refractivity contribution in [2.45, 2.75) is 13.8 Å². The van der Waals surface area contributed by atoms with Crippen LogP contribution in [0, 0.1) is 0 Å². The van der Waals surface area contributed by atoms with E-state index >= 15 is 0 Å². The van der Waals surface area contributed by atoms with Gasteiger partial charge in [0, 0.05) is 0 Å². The number of hydrogen-bond acceptors (Lipinski definition) is 0. The molecule has 0 bridgehead atoms. The third-order valence-corrected chi connectivity index (χ3v) is 13.6. The average molecular weight is 260 g/mol. The van der Waals surface area contributed by atoms with Gasteiger partial charge in [0.25, 0.3) is 0 Å². The predicted molar refractivity (Wildman–Crippen MR) is 41.8 cm³/mol. The Bertz CT molecular complexity index is 169. The molecule has 1 unspecified atom stereocenters. The van der Waals surface area contributed by atoms with Crippen molar-refractivity contribution in [2.24, 2.45) is 0 Å². The number of rotatable bonds is 0. The van der Waals surface area contributed by atoms with E-state index in [1.54, 1.807) is 0 Å². The average Bonchev–Trinajstić information content (AvgIpc) is 1.85. The first-order chi connectivity index (χ1) is 3.70. The van der Waals surface area contributed by atoms with Crippen LogP contribution in [0.15, 0.2) is 10.5 Å². The topological polar surface area (TPSA) is 0 Å². The molecular formula is C5H7ClSe2. The minimum atomic E-state index is -0.723. The van der Waals surface area contributed by atoms with E-state index in [0.717, 1.165) is 0 Å². The molecule has 0 fully saturated rings. The summed E-state index contributed by atoms with van der Waals surface area (Å²) < 4.78 is 2.99. The molecule has 0 saturated carbocycles. The van der Waals surface area contributed by atoms with Crippen LogP contribution in [0.5, 0.6) is 0 Å². The second kappa shape index (κ2) is 2.68. The van der Waals surface area contributed by atoms with Crippen molar-refractivity contribution in [3.05, 3.63) is 10.5 Å². The molecule has 0 radical (unpaired) electrons. The van der Waals surface area contributed by atoms with E-state index in [0.29, 0.717) is 13.1 Å². The van der Waals surface area contributed by atoms with Crippen molar-refractivity contribution in [2.75, 3.05) is 0 Å². The van der Waals surface area contributed by atoms with Crippen LogP contribution >= 0.6 is 10.1 Å². The molecule has 0 spiro atoms. The van der Waals surface area contributed by atoms with Crippen LogP contribution in [-0.4, -0.2) is 28.3 Å². The summed E-state index contributed by atoms with van der Waals surface area (Å²) in [5, 5.41) is 0. The van der Waals surface area contributed by atoms with Gasteiger partial charge in [0.2, 0.25) is 0 Å². The Labute approximate surface area is 62.7 Å². The Balaban J connectivity index is 2.79. The van der Waals surface area contributed by atoms with Crippen LogP contribution in [0.2, 0.25) is 0 Å². The third kappa shape index (κ3) is 1.46. The van der Waals surface area contributed by atoms with Gasteiger partial charge >= 0.3 is 62.8 Å². The predicted octanol–water partition coefficient (Wildman–Crippen LogP) is 1.11. The minimum absolute atomic E-state index is 0.672. The molecule has 0 aromatic rings. The Kier molecular flexibility index (Phi) is 2.36. The molecule has 1 heterocycles. The molecule has 0 N–H and O–H groups in total. The molecule has 0 saturated heterocycles. The van der Waals surface area contributed by atoms with Gasteiger partial charge in [-0.15, -0.1) is 0 Å². The SMILES string of the molecule is CC1=CC(C)=[Se](Cl)[Se]1. The van der Waals surface area contributed by atoms with Gasteiger partial charge in [0.05, 0.1) is 0 Å². The summed E-state index contributed by atoms with van der Waals surface area (Å²) in [7, 11) is 5.30. The van der Waals surface area contributed by atoms with Gasteiger partial charge in [-0.25, -0.2) is 0 Å². The first-order valence-corrected chi connectivity index (χ1v) is 10.6. The summed E-state index contributed by atoms with van der Waals surface area (Å²) in [6, 6.07) is 0. The number of hydrogen-bond donors (Lipinski definition) is 0. The first-order valence-electron chi connectivity index (χ1n) is 2.31. The van der Waals surface area contributed by atoms with Crippen molar-refractivity contribution < 1.29 is 0 Å². The van der Waals surface area contributed by atoms with E-state index in [1.807, 2.05) is 0 Å². The van der Waals surface area contributed by atoms with Crippen LogP contribution in [-0.2, 0) is 0 Å². The van der Waals surface area contributed by atoms with Crippen LogP contribution in [0.4, 0.5) is 0 Å². The van der Waals surface area contributed by atoms with E-state index in [2.05, 4.69) is 19.9 Å². The first kappa shape index (κ1) is 7.05. The molecular weight excluding hydrogens is 253 g/mol. The second-order valence-electron chi connectivity index (χ2n) is 1.67.